The molecule has 0 saturated carbocycles. The molecule has 0 unspecified atom stereocenters. The molecule has 0 spiro atoms. The van der Waals surface area contributed by atoms with Crippen LogP contribution in [0.4, 0.5) is 5.69 Å². The van der Waals surface area contributed by atoms with Crippen LogP contribution in [0.15, 0.2) is 18.2 Å². The average molecular weight is 298 g/mol. The maximum atomic E-state index is 12.1. The summed E-state index contributed by atoms with van der Waals surface area (Å²) in [6, 6.07) is 4.77. The van der Waals surface area contributed by atoms with Gasteiger partial charge in [0.2, 0.25) is 0 Å². The van der Waals surface area contributed by atoms with Crippen molar-refractivity contribution >= 4 is 34.8 Å². The highest BCUT2D eigenvalue weighted by Crippen LogP contribution is 2.24. The molecule has 0 saturated heterocycles. The second-order valence-corrected chi connectivity index (χ2v) is 5.07. The Morgan fingerprint density at radius 2 is 1.95 bits per heavy atom. The Hall–Kier alpha value is -1.52. The van der Waals surface area contributed by atoms with Gasteiger partial charge in [0.05, 0.1) is 27.1 Å². The van der Waals surface area contributed by atoms with E-state index in [2.05, 4.69) is 10.4 Å². The third-order valence-electron chi connectivity index (χ3n) is 2.93. The summed E-state index contributed by atoms with van der Waals surface area (Å²) in [4.78, 5) is 12.1. The van der Waals surface area contributed by atoms with Crippen molar-refractivity contribution in [2.75, 3.05) is 5.32 Å². The Morgan fingerprint density at radius 1 is 1.26 bits per heavy atom. The van der Waals surface area contributed by atoms with E-state index in [4.69, 9.17) is 23.2 Å². The first-order valence-electron chi connectivity index (χ1n) is 5.66. The van der Waals surface area contributed by atoms with Crippen LogP contribution in [0.3, 0.4) is 0 Å². The molecule has 1 aromatic carbocycles. The second kappa shape index (κ2) is 5.23. The Balaban J connectivity index is 2.28. The number of carbonyl (C=O) groups excluding carboxylic acids is 1. The molecule has 4 nitrogen and oxygen atoms in total. The zero-order chi connectivity index (χ0) is 14.2. The number of rotatable bonds is 2. The van der Waals surface area contributed by atoms with Gasteiger partial charge in [-0.15, -0.1) is 0 Å². The Kier molecular flexibility index (Phi) is 3.83. The summed E-state index contributed by atoms with van der Waals surface area (Å²) in [6.45, 7) is 3.74. The first-order valence-corrected chi connectivity index (χ1v) is 6.42. The van der Waals surface area contributed by atoms with Crippen LogP contribution in [0.2, 0.25) is 10.0 Å². The molecule has 100 valence electrons. The number of anilines is 1. The lowest BCUT2D eigenvalue weighted by atomic mass is 10.2. The van der Waals surface area contributed by atoms with Gasteiger partial charge in [0.25, 0.3) is 5.91 Å². The predicted octanol–water partition coefficient (Wildman–Crippen LogP) is 3.60. The van der Waals surface area contributed by atoms with Crippen molar-refractivity contribution in [2.45, 2.75) is 13.8 Å². The Labute approximate surface area is 121 Å². The molecule has 0 radical (unpaired) electrons. The number of amides is 1. The molecule has 0 atom stereocenters. The van der Waals surface area contributed by atoms with Crippen LogP contribution in [-0.4, -0.2) is 15.7 Å². The van der Waals surface area contributed by atoms with E-state index in [0.717, 1.165) is 17.1 Å². The van der Waals surface area contributed by atoms with Gasteiger partial charge in [-0.2, -0.15) is 5.10 Å². The number of aromatic nitrogens is 2. The molecular weight excluding hydrogens is 285 g/mol. The Morgan fingerprint density at radius 3 is 2.47 bits per heavy atom. The number of nitrogens with zero attached hydrogens (tertiary/aromatic N) is 2. The summed E-state index contributed by atoms with van der Waals surface area (Å²) in [5.74, 6) is -0.238. The number of aryl methyl sites for hydroxylation is 2. The maximum Gasteiger partial charge on any atom is 0.255 e. The summed E-state index contributed by atoms with van der Waals surface area (Å²) in [6.07, 6.45) is 0. The first kappa shape index (κ1) is 13.9. The number of benzene rings is 1. The van der Waals surface area contributed by atoms with E-state index in [1.54, 1.807) is 22.9 Å². The second-order valence-electron chi connectivity index (χ2n) is 4.25. The molecule has 0 fully saturated rings. The van der Waals surface area contributed by atoms with Gasteiger partial charge in [-0.3, -0.25) is 9.48 Å². The number of nitrogens with one attached hydrogen (secondary N) is 1. The quantitative estimate of drug-likeness (QED) is 0.921. The molecule has 0 aliphatic heterocycles. The molecule has 0 aliphatic carbocycles. The maximum absolute atomic E-state index is 12.1. The number of hydrogen-bond donors (Lipinski definition) is 1. The smallest absolute Gasteiger partial charge is 0.255 e. The van der Waals surface area contributed by atoms with E-state index in [1.807, 2.05) is 20.9 Å². The predicted molar refractivity (Wildman–Crippen MR) is 77.1 cm³/mol. The van der Waals surface area contributed by atoms with Gasteiger partial charge in [-0.05, 0) is 32.0 Å². The number of halogens is 2. The SMILES string of the molecule is Cc1nn(C)c(C)c1NC(=O)c1ccc(Cl)c(Cl)c1. The first-order chi connectivity index (χ1) is 8.90. The fourth-order valence-electron chi connectivity index (χ4n) is 1.78. The molecular formula is C13H13Cl2N3O. The lowest BCUT2D eigenvalue weighted by Gasteiger charge is -2.06. The summed E-state index contributed by atoms with van der Waals surface area (Å²) in [5.41, 5.74) is 2.84. The van der Waals surface area contributed by atoms with E-state index in [0.29, 0.717) is 15.6 Å². The molecule has 19 heavy (non-hydrogen) atoms. The minimum atomic E-state index is -0.238. The third-order valence-corrected chi connectivity index (χ3v) is 3.67. The molecule has 6 heteroatoms. The van der Waals surface area contributed by atoms with Crippen LogP contribution in [-0.2, 0) is 7.05 Å². The van der Waals surface area contributed by atoms with E-state index < -0.39 is 0 Å². The van der Waals surface area contributed by atoms with Crippen molar-refractivity contribution in [2.24, 2.45) is 7.05 Å². The highest BCUT2D eigenvalue weighted by atomic mass is 35.5. The van der Waals surface area contributed by atoms with Crippen molar-refractivity contribution in [3.8, 4) is 0 Å². The lowest BCUT2D eigenvalue weighted by molar-refractivity contribution is 0.102. The van der Waals surface area contributed by atoms with Crippen molar-refractivity contribution in [3.05, 3.63) is 45.2 Å². The van der Waals surface area contributed by atoms with E-state index >= 15 is 0 Å². The number of hydrogen-bond acceptors (Lipinski definition) is 2. The molecule has 2 rings (SSSR count). The van der Waals surface area contributed by atoms with Gasteiger partial charge in [-0.1, -0.05) is 23.2 Å². The fourth-order valence-corrected chi connectivity index (χ4v) is 2.08. The summed E-state index contributed by atoms with van der Waals surface area (Å²) in [5, 5.41) is 7.86. The van der Waals surface area contributed by atoms with Crippen molar-refractivity contribution in [3.63, 3.8) is 0 Å². The van der Waals surface area contributed by atoms with Gasteiger partial charge in [0.1, 0.15) is 0 Å². The van der Waals surface area contributed by atoms with Crippen molar-refractivity contribution < 1.29 is 4.79 Å². The monoisotopic (exact) mass is 297 g/mol. The highest BCUT2D eigenvalue weighted by molar-refractivity contribution is 6.42. The van der Waals surface area contributed by atoms with Gasteiger partial charge < -0.3 is 5.32 Å². The van der Waals surface area contributed by atoms with Gasteiger partial charge in [-0.25, -0.2) is 0 Å². The zero-order valence-electron chi connectivity index (χ0n) is 10.8. The van der Waals surface area contributed by atoms with Crippen LogP contribution in [0.25, 0.3) is 0 Å². The largest absolute Gasteiger partial charge is 0.319 e. The van der Waals surface area contributed by atoms with E-state index in [1.165, 1.54) is 0 Å². The van der Waals surface area contributed by atoms with Crippen molar-refractivity contribution in [1.29, 1.82) is 0 Å². The van der Waals surface area contributed by atoms with E-state index in [-0.39, 0.29) is 5.91 Å². The molecule has 1 amide bonds. The minimum Gasteiger partial charge on any atom is -0.319 e. The zero-order valence-corrected chi connectivity index (χ0v) is 12.3. The van der Waals surface area contributed by atoms with Gasteiger partial charge in [0.15, 0.2) is 0 Å². The van der Waals surface area contributed by atoms with E-state index in [9.17, 15) is 4.79 Å². The molecule has 2 aromatic rings. The average Bonchev–Trinajstić information content (AvgIpc) is 2.59. The normalized spacial score (nSPS) is 10.6. The summed E-state index contributed by atoms with van der Waals surface area (Å²) >= 11 is 11.7. The van der Waals surface area contributed by atoms with Crippen LogP contribution in [0, 0.1) is 13.8 Å². The summed E-state index contributed by atoms with van der Waals surface area (Å²) < 4.78 is 1.72. The van der Waals surface area contributed by atoms with Gasteiger partial charge in [0, 0.05) is 12.6 Å². The summed E-state index contributed by atoms with van der Waals surface area (Å²) in [7, 11) is 1.83. The standard InChI is InChI=1S/C13H13Cl2N3O/c1-7-12(8(2)18(3)17-7)16-13(19)9-4-5-10(14)11(15)6-9/h4-6H,1-3H3,(H,16,19). The molecule has 0 bridgehead atoms. The van der Waals surface area contributed by atoms with Gasteiger partial charge >= 0.3 is 0 Å². The van der Waals surface area contributed by atoms with Crippen LogP contribution in [0.5, 0.6) is 0 Å². The molecule has 1 heterocycles. The highest BCUT2D eigenvalue weighted by Gasteiger charge is 2.14. The van der Waals surface area contributed by atoms with Crippen LogP contribution < -0.4 is 5.32 Å². The fraction of sp³-hybridized carbons (Fsp3) is 0.231. The van der Waals surface area contributed by atoms with Crippen molar-refractivity contribution in [1.82, 2.24) is 9.78 Å². The lowest BCUT2D eigenvalue weighted by Crippen LogP contribution is -2.13. The minimum absolute atomic E-state index is 0.238. The third kappa shape index (κ3) is 2.74. The van der Waals surface area contributed by atoms with Crippen LogP contribution in [0.1, 0.15) is 21.7 Å². The molecule has 1 aromatic heterocycles. The number of carbonyl (C=O) groups is 1. The molecule has 0 aliphatic rings. The van der Waals surface area contributed by atoms with Crippen LogP contribution >= 0.6 is 23.2 Å². The topological polar surface area (TPSA) is 46.9 Å². The Bertz CT molecular complexity index is 650. The molecule has 1 N–H and O–H groups in total.